The van der Waals surface area contributed by atoms with E-state index < -0.39 is 10.0 Å². The second kappa shape index (κ2) is 4.45. The summed E-state index contributed by atoms with van der Waals surface area (Å²) in [7, 11) is -3.05. The standard InChI is InChI=1S/C13H22N2O3S/c1-19(17,18)15-6-2-10(3-7-15)9-14-12(16)11-8-13(11)4-5-13/h10-11H,2-9H2,1H3,(H,14,16). The summed E-state index contributed by atoms with van der Waals surface area (Å²) >= 11 is 0. The third-order valence-electron chi connectivity index (χ3n) is 5.01. The van der Waals surface area contributed by atoms with Crippen molar-refractivity contribution in [1.82, 2.24) is 9.62 Å². The minimum absolute atomic E-state index is 0.225. The molecule has 6 heteroatoms. The molecular weight excluding hydrogens is 264 g/mol. The number of nitrogens with zero attached hydrogens (tertiary/aromatic N) is 1. The van der Waals surface area contributed by atoms with Crippen LogP contribution in [0.3, 0.4) is 0 Å². The van der Waals surface area contributed by atoms with Crippen molar-refractivity contribution in [2.75, 3.05) is 25.9 Å². The molecule has 19 heavy (non-hydrogen) atoms. The number of piperidine rings is 1. The molecule has 0 bridgehead atoms. The lowest BCUT2D eigenvalue weighted by Gasteiger charge is -2.30. The zero-order chi connectivity index (χ0) is 13.7. The van der Waals surface area contributed by atoms with E-state index in [0.29, 0.717) is 31.0 Å². The van der Waals surface area contributed by atoms with Crippen molar-refractivity contribution in [2.24, 2.45) is 17.3 Å². The fraction of sp³-hybridized carbons (Fsp3) is 0.923. The fourth-order valence-electron chi connectivity index (χ4n) is 3.24. The molecule has 108 valence electrons. The highest BCUT2D eigenvalue weighted by Crippen LogP contribution is 2.70. The maximum Gasteiger partial charge on any atom is 0.223 e. The number of carbonyl (C=O) groups excluding carboxylic acids is 1. The van der Waals surface area contributed by atoms with E-state index in [1.54, 1.807) is 0 Å². The first-order valence-corrected chi connectivity index (χ1v) is 8.98. The molecule has 1 atom stereocenters. The van der Waals surface area contributed by atoms with Gasteiger partial charge in [0.05, 0.1) is 6.26 Å². The van der Waals surface area contributed by atoms with Gasteiger partial charge in [-0.15, -0.1) is 0 Å². The summed E-state index contributed by atoms with van der Waals surface area (Å²) in [5, 5.41) is 3.06. The Morgan fingerprint density at radius 3 is 2.42 bits per heavy atom. The van der Waals surface area contributed by atoms with Crippen LogP contribution in [0.25, 0.3) is 0 Å². The molecule has 0 aromatic rings. The van der Waals surface area contributed by atoms with Crippen LogP contribution in [-0.4, -0.2) is 44.5 Å². The molecule has 3 fully saturated rings. The molecule has 1 spiro atoms. The molecular formula is C13H22N2O3S. The Morgan fingerprint density at radius 2 is 1.95 bits per heavy atom. The maximum atomic E-state index is 11.9. The Kier molecular flexibility index (Phi) is 3.13. The summed E-state index contributed by atoms with van der Waals surface area (Å²) in [5.74, 6) is 0.933. The molecule has 0 aromatic heterocycles. The maximum absolute atomic E-state index is 11.9. The molecule has 0 radical (unpaired) electrons. The van der Waals surface area contributed by atoms with E-state index >= 15 is 0 Å². The van der Waals surface area contributed by atoms with Crippen molar-refractivity contribution in [3.05, 3.63) is 0 Å². The second-order valence-electron chi connectivity index (χ2n) is 6.47. The topological polar surface area (TPSA) is 66.5 Å². The van der Waals surface area contributed by atoms with Gasteiger partial charge in [0.2, 0.25) is 15.9 Å². The van der Waals surface area contributed by atoms with E-state index in [-0.39, 0.29) is 11.8 Å². The van der Waals surface area contributed by atoms with E-state index in [1.165, 1.54) is 23.4 Å². The van der Waals surface area contributed by atoms with Gasteiger partial charge in [-0.1, -0.05) is 0 Å². The quantitative estimate of drug-likeness (QED) is 0.822. The average molecular weight is 286 g/mol. The molecule has 1 unspecified atom stereocenters. The van der Waals surface area contributed by atoms with E-state index in [4.69, 9.17) is 0 Å². The van der Waals surface area contributed by atoms with Crippen molar-refractivity contribution < 1.29 is 13.2 Å². The SMILES string of the molecule is CS(=O)(=O)N1CCC(CNC(=O)C2CC23CC3)CC1. The Morgan fingerprint density at radius 1 is 1.32 bits per heavy atom. The number of sulfonamides is 1. The van der Waals surface area contributed by atoms with Gasteiger partial charge in [-0.05, 0) is 43.4 Å². The van der Waals surface area contributed by atoms with Crippen LogP contribution in [0.2, 0.25) is 0 Å². The molecule has 1 heterocycles. The fourth-order valence-corrected chi connectivity index (χ4v) is 4.12. The molecule has 2 saturated carbocycles. The van der Waals surface area contributed by atoms with Gasteiger partial charge in [-0.2, -0.15) is 0 Å². The molecule has 1 amide bonds. The zero-order valence-corrected chi connectivity index (χ0v) is 12.2. The largest absolute Gasteiger partial charge is 0.356 e. The lowest BCUT2D eigenvalue weighted by Crippen LogP contribution is -2.41. The van der Waals surface area contributed by atoms with E-state index in [1.807, 2.05) is 0 Å². The highest BCUT2D eigenvalue weighted by Gasteiger charge is 2.65. The van der Waals surface area contributed by atoms with Gasteiger partial charge in [-0.25, -0.2) is 12.7 Å². The third-order valence-corrected chi connectivity index (χ3v) is 6.31. The predicted octanol–water partition coefficient (Wildman–Crippen LogP) is 0.574. The number of nitrogens with one attached hydrogen (secondary N) is 1. The first-order valence-electron chi connectivity index (χ1n) is 7.14. The summed E-state index contributed by atoms with van der Waals surface area (Å²) in [4.78, 5) is 11.9. The Balaban J connectivity index is 1.39. The van der Waals surface area contributed by atoms with Gasteiger partial charge in [0, 0.05) is 25.6 Å². The first kappa shape index (κ1) is 13.4. The zero-order valence-electron chi connectivity index (χ0n) is 11.4. The molecule has 5 nitrogen and oxygen atoms in total. The van der Waals surface area contributed by atoms with Gasteiger partial charge >= 0.3 is 0 Å². The number of carbonyl (C=O) groups is 1. The van der Waals surface area contributed by atoms with Crippen LogP contribution in [-0.2, 0) is 14.8 Å². The summed E-state index contributed by atoms with van der Waals surface area (Å²) in [6.07, 6.45) is 6.52. The van der Waals surface area contributed by atoms with Crippen molar-refractivity contribution in [3.63, 3.8) is 0 Å². The molecule has 2 aliphatic carbocycles. The molecule has 1 N–H and O–H groups in total. The van der Waals surface area contributed by atoms with Crippen molar-refractivity contribution in [1.29, 1.82) is 0 Å². The lowest BCUT2D eigenvalue weighted by atomic mass is 9.98. The van der Waals surface area contributed by atoms with Crippen LogP contribution in [0.1, 0.15) is 32.1 Å². The molecule has 0 aromatic carbocycles. The third kappa shape index (κ3) is 2.79. The number of hydrogen-bond acceptors (Lipinski definition) is 3. The monoisotopic (exact) mass is 286 g/mol. The van der Waals surface area contributed by atoms with E-state index in [2.05, 4.69) is 5.32 Å². The van der Waals surface area contributed by atoms with Gasteiger partial charge in [0.25, 0.3) is 0 Å². The summed E-state index contributed by atoms with van der Waals surface area (Å²) in [5.41, 5.74) is 0.420. The minimum atomic E-state index is -3.05. The van der Waals surface area contributed by atoms with Gasteiger partial charge in [0.1, 0.15) is 0 Å². The molecule has 1 aliphatic heterocycles. The van der Waals surface area contributed by atoms with Crippen LogP contribution in [0.4, 0.5) is 0 Å². The molecule has 3 aliphatic rings. The smallest absolute Gasteiger partial charge is 0.223 e. The first-order chi connectivity index (χ1) is 8.91. The summed E-state index contributed by atoms with van der Waals surface area (Å²) in [6.45, 7) is 1.89. The van der Waals surface area contributed by atoms with Crippen molar-refractivity contribution >= 4 is 15.9 Å². The van der Waals surface area contributed by atoms with Crippen LogP contribution >= 0.6 is 0 Å². The van der Waals surface area contributed by atoms with Crippen molar-refractivity contribution in [2.45, 2.75) is 32.1 Å². The molecule has 3 rings (SSSR count). The average Bonchev–Trinajstić information content (AvgIpc) is 3.27. The van der Waals surface area contributed by atoms with E-state index in [0.717, 1.165) is 19.3 Å². The highest BCUT2D eigenvalue weighted by molar-refractivity contribution is 7.88. The van der Waals surface area contributed by atoms with Crippen LogP contribution in [0.15, 0.2) is 0 Å². The summed E-state index contributed by atoms with van der Waals surface area (Å²) < 4.78 is 24.3. The normalized spacial score (nSPS) is 30.3. The lowest BCUT2D eigenvalue weighted by molar-refractivity contribution is -0.123. The Labute approximate surface area is 114 Å². The van der Waals surface area contributed by atoms with Gasteiger partial charge in [-0.3, -0.25) is 4.79 Å². The van der Waals surface area contributed by atoms with Crippen molar-refractivity contribution in [3.8, 4) is 0 Å². The highest BCUT2D eigenvalue weighted by atomic mass is 32.2. The number of hydrogen-bond donors (Lipinski definition) is 1. The number of amides is 1. The molecule has 1 saturated heterocycles. The van der Waals surface area contributed by atoms with E-state index in [9.17, 15) is 13.2 Å². The van der Waals surface area contributed by atoms with Gasteiger partial charge in [0.15, 0.2) is 0 Å². The van der Waals surface area contributed by atoms with Crippen LogP contribution in [0, 0.1) is 17.3 Å². The Bertz CT molecular complexity index is 476. The van der Waals surface area contributed by atoms with Crippen LogP contribution in [0.5, 0.6) is 0 Å². The minimum Gasteiger partial charge on any atom is -0.356 e. The summed E-state index contributed by atoms with van der Waals surface area (Å²) in [6, 6.07) is 0. The predicted molar refractivity (Wildman–Crippen MR) is 71.9 cm³/mol. The van der Waals surface area contributed by atoms with Crippen LogP contribution < -0.4 is 5.32 Å². The second-order valence-corrected chi connectivity index (χ2v) is 8.45. The Hall–Kier alpha value is -0.620. The van der Waals surface area contributed by atoms with Gasteiger partial charge < -0.3 is 5.32 Å². The number of rotatable bonds is 4.